The molecule has 0 saturated carbocycles. The third-order valence-electron chi connectivity index (χ3n) is 1.73. The zero-order valence-corrected chi connectivity index (χ0v) is 11.2. The molecule has 0 heterocycles. The Balaban J connectivity index is 0. The Bertz CT molecular complexity index is 226. The fraction of sp³-hybridized carbons (Fsp3) is 0.385. The molecule has 0 bridgehead atoms. The third kappa shape index (κ3) is 9.93. The van der Waals surface area contributed by atoms with Gasteiger partial charge >= 0.3 is 21.7 Å². The van der Waals surface area contributed by atoms with Crippen molar-refractivity contribution in [3.8, 4) is 0 Å². The van der Waals surface area contributed by atoms with Crippen molar-refractivity contribution in [2.75, 3.05) is 7.11 Å². The molecule has 0 atom stereocenters. The second-order valence-corrected chi connectivity index (χ2v) is 2.93. The number of hydrogen-bond donors (Lipinski definition) is 1. The van der Waals surface area contributed by atoms with Crippen LogP contribution in [-0.4, -0.2) is 12.2 Å². The fourth-order valence-corrected chi connectivity index (χ4v) is 1.03. The van der Waals surface area contributed by atoms with Crippen molar-refractivity contribution in [2.45, 2.75) is 26.7 Å². The molecule has 0 aromatic carbocycles. The van der Waals surface area contributed by atoms with Crippen molar-refractivity contribution in [2.24, 2.45) is 0 Å². The van der Waals surface area contributed by atoms with E-state index in [9.17, 15) is 0 Å². The molecule has 1 N–H and O–H groups in total. The summed E-state index contributed by atoms with van der Waals surface area (Å²) in [6, 6.07) is 0. The number of aliphatic hydroxyl groups excluding tert-OH is 1. The van der Waals surface area contributed by atoms with E-state index in [0.29, 0.717) is 0 Å². The minimum Gasteiger partial charge on any atom is -0.400 e. The summed E-state index contributed by atoms with van der Waals surface area (Å²) in [7, 11) is 1.00. The molecule has 0 aromatic rings. The molecule has 15 heavy (non-hydrogen) atoms. The number of allylic oxidation sites excluding steroid dienone is 8. The van der Waals surface area contributed by atoms with Gasteiger partial charge in [-0.1, -0.05) is 13.8 Å². The summed E-state index contributed by atoms with van der Waals surface area (Å²) in [5, 5.41) is 7.00. The van der Waals surface area contributed by atoms with Crippen LogP contribution in [0.1, 0.15) is 26.7 Å². The van der Waals surface area contributed by atoms with Crippen molar-refractivity contribution in [3.63, 3.8) is 0 Å². The van der Waals surface area contributed by atoms with E-state index in [0.717, 1.165) is 20.0 Å². The first-order valence-electron chi connectivity index (χ1n) is 4.71. The van der Waals surface area contributed by atoms with Gasteiger partial charge in [-0.2, -0.15) is 12.2 Å². The predicted octanol–water partition coefficient (Wildman–Crippen LogP) is 3.00. The van der Waals surface area contributed by atoms with Gasteiger partial charge in [-0.15, -0.1) is 12.8 Å². The minimum absolute atomic E-state index is 0. The number of rotatable bonds is 0. The molecule has 80 valence electrons. The van der Waals surface area contributed by atoms with E-state index >= 15 is 0 Å². The van der Waals surface area contributed by atoms with Gasteiger partial charge in [-0.3, -0.25) is 12.2 Å². The summed E-state index contributed by atoms with van der Waals surface area (Å²) in [5.74, 6) is 0. The quantitative estimate of drug-likeness (QED) is 0.508. The summed E-state index contributed by atoms with van der Waals surface area (Å²) in [5.41, 5.74) is 2.55. The molecule has 0 aromatic heterocycles. The van der Waals surface area contributed by atoms with E-state index in [4.69, 9.17) is 5.11 Å². The van der Waals surface area contributed by atoms with E-state index in [1.807, 2.05) is 0 Å². The first kappa shape index (κ1) is 17.0. The van der Waals surface area contributed by atoms with Gasteiger partial charge in [0, 0.05) is 7.11 Å². The molecule has 0 unspecified atom stereocenters. The van der Waals surface area contributed by atoms with Gasteiger partial charge in [-0.05, 0) is 0 Å². The fourth-order valence-electron chi connectivity index (χ4n) is 1.03. The molecule has 0 radical (unpaired) electrons. The summed E-state index contributed by atoms with van der Waals surface area (Å²) in [4.78, 5) is 0. The normalized spacial score (nSPS) is 15.2. The molecule has 2 aliphatic carbocycles. The molecule has 0 fully saturated rings. The standard InChI is InChI=1S/2C6H7.CH4O.Ti/c2*1-6-4-2-3-5-6;1-2;/h2*2,4H,3H2,1H3;2H,1H3;/q2*-1;;+2. The van der Waals surface area contributed by atoms with Gasteiger partial charge in [0.05, 0.1) is 0 Å². The zero-order chi connectivity index (χ0) is 10.8. The van der Waals surface area contributed by atoms with Crippen molar-refractivity contribution in [1.29, 1.82) is 0 Å². The van der Waals surface area contributed by atoms with Crippen LogP contribution in [-0.2, 0) is 21.7 Å². The Labute approximate surface area is 108 Å². The van der Waals surface area contributed by atoms with Crippen LogP contribution in [0, 0.1) is 12.2 Å². The smallest absolute Gasteiger partial charge is 0.400 e. The Kier molecular flexibility index (Phi) is 13.3. The summed E-state index contributed by atoms with van der Waals surface area (Å²) in [6.07, 6.45) is 16.7. The number of aliphatic hydroxyl groups is 1. The van der Waals surface area contributed by atoms with Crippen LogP contribution in [0.2, 0.25) is 0 Å². The maximum Gasteiger partial charge on any atom is 2.00 e. The van der Waals surface area contributed by atoms with Crippen LogP contribution in [0.4, 0.5) is 0 Å². The molecular weight excluding hydrogens is 220 g/mol. The average Bonchev–Trinajstić information content (AvgIpc) is 2.83. The molecule has 0 saturated heterocycles. The van der Waals surface area contributed by atoms with E-state index in [1.54, 1.807) is 0 Å². The van der Waals surface area contributed by atoms with Crippen LogP contribution in [0.25, 0.3) is 0 Å². The SMILES string of the molecule is CC1=[C-]CC=C1.CC1=[C-]CC=C1.CO.[Ti+2]. The van der Waals surface area contributed by atoms with Gasteiger partial charge in [0.25, 0.3) is 0 Å². The van der Waals surface area contributed by atoms with Gasteiger partial charge in [0.1, 0.15) is 0 Å². The van der Waals surface area contributed by atoms with Crippen LogP contribution < -0.4 is 0 Å². The molecule has 0 amide bonds. The van der Waals surface area contributed by atoms with E-state index in [2.05, 4.69) is 50.3 Å². The second kappa shape index (κ2) is 11.7. The van der Waals surface area contributed by atoms with Crippen molar-refractivity contribution in [1.82, 2.24) is 0 Å². The minimum atomic E-state index is 0. The van der Waals surface area contributed by atoms with Gasteiger partial charge in [0.15, 0.2) is 0 Å². The Morgan fingerprint density at radius 3 is 1.33 bits per heavy atom. The average molecular weight is 238 g/mol. The van der Waals surface area contributed by atoms with E-state index in [-0.39, 0.29) is 21.7 Å². The molecule has 2 heteroatoms. The number of hydrogen-bond acceptors (Lipinski definition) is 1. The predicted molar refractivity (Wildman–Crippen MR) is 60.5 cm³/mol. The van der Waals surface area contributed by atoms with Crippen molar-refractivity contribution in [3.05, 3.63) is 47.6 Å². The van der Waals surface area contributed by atoms with Gasteiger partial charge < -0.3 is 5.11 Å². The first-order valence-corrected chi connectivity index (χ1v) is 4.71. The molecule has 0 aliphatic heterocycles. The summed E-state index contributed by atoms with van der Waals surface area (Å²) < 4.78 is 0. The topological polar surface area (TPSA) is 20.2 Å². The summed E-state index contributed by atoms with van der Waals surface area (Å²) >= 11 is 0. The third-order valence-corrected chi connectivity index (χ3v) is 1.73. The maximum atomic E-state index is 7.00. The Morgan fingerprint density at radius 1 is 0.933 bits per heavy atom. The van der Waals surface area contributed by atoms with E-state index in [1.165, 1.54) is 11.1 Å². The molecule has 2 rings (SSSR count). The van der Waals surface area contributed by atoms with Crippen LogP contribution in [0.15, 0.2) is 35.5 Å². The molecular formula is C13H18OTi. The molecule has 1 nitrogen and oxygen atoms in total. The second-order valence-electron chi connectivity index (χ2n) is 2.93. The van der Waals surface area contributed by atoms with Crippen LogP contribution >= 0.6 is 0 Å². The van der Waals surface area contributed by atoms with Gasteiger partial charge in [0.2, 0.25) is 0 Å². The van der Waals surface area contributed by atoms with Crippen molar-refractivity contribution < 1.29 is 26.8 Å². The van der Waals surface area contributed by atoms with Gasteiger partial charge in [-0.25, -0.2) is 23.3 Å². The monoisotopic (exact) mass is 238 g/mol. The van der Waals surface area contributed by atoms with E-state index < -0.39 is 0 Å². The van der Waals surface area contributed by atoms with Crippen molar-refractivity contribution >= 4 is 0 Å². The summed E-state index contributed by atoms with van der Waals surface area (Å²) in [6.45, 7) is 4.12. The first-order chi connectivity index (χ1) is 6.79. The van der Waals surface area contributed by atoms with Crippen LogP contribution in [0.3, 0.4) is 0 Å². The molecule has 2 aliphatic rings. The maximum absolute atomic E-state index is 7.00. The largest absolute Gasteiger partial charge is 2.00 e. The Hall–Kier alpha value is -0.366. The Morgan fingerprint density at radius 2 is 1.27 bits per heavy atom. The van der Waals surface area contributed by atoms with Crippen LogP contribution in [0.5, 0.6) is 0 Å². The molecule has 0 spiro atoms. The zero-order valence-electron chi connectivity index (χ0n) is 9.67.